The first-order valence-corrected chi connectivity index (χ1v) is 7.27. The molecule has 0 N–H and O–H groups in total. The normalized spacial score (nSPS) is 19.4. The summed E-state index contributed by atoms with van der Waals surface area (Å²) < 4.78 is 13.0. The molecule has 1 atom stereocenters. The second-order valence-electron chi connectivity index (χ2n) is 5.67. The number of hydrogen-bond donors (Lipinski definition) is 0. The molecule has 1 saturated heterocycles. The van der Waals surface area contributed by atoms with E-state index in [2.05, 4.69) is 36.1 Å². The molecule has 2 aromatic rings. The van der Waals surface area contributed by atoms with Gasteiger partial charge in [0.1, 0.15) is 5.82 Å². The average Bonchev–Trinajstić information content (AvgIpc) is 2.88. The number of aryl methyl sites for hydroxylation is 1. The summed E-state index contributed by atoms with van der Waals surface area (Å²) in [6.45, 7) is 4.23. The fraction of sp³-hybridized carbons (Fsp3) is 0.333. The van der Waals surface area contributed by atoms with Crippen molar-refractivity contribution in [3.8, 4) is 0 Å². The first-order chi connectivity index (χ1) is 9.72. The monoisotopic (exact) mass is 269 g/mol. The van der Waals surface area contributed by atoms with Crippen molar-refractivity contribution < 1.29 is 4.39 Å². The molecule has 1 aliphatic rings. The van der Waals surface area contributed by atoms with Crippen LogP contribution in [0, 0.1) is 12.7 Å². The molecule has 0 aromatic heterocycles. The highest BCUT2D eigenvalue weighted by molar-refractivity contribution is 5.24. The molecule has 2 heteroatoms. The van der Waals surface area contributed by atoms with Crippen LogP contribution in [0.15, 0.2) is 48.5 Å². The van der Waals surface area contributed by atoms with Crippen LogP contribution in [-0.4, -0.2) is 11.4 Å². The third-order valence-corrected chi connectivity index (χ3v) is 4.09. The third-order valence-electron chi connectivity index (χ3n) is 4.09. The molecule has 0 amide bonds. The van der Waals surface area contributed by atoms with Gasteiger partial charge in [0, 0.05) is 12.6 Å². The van der Waals surface area contributed by atoms with Gasteiger partial charge in [-0.25, -0.2) is 4.39 Å². The summed E-state index contributed by atoms with van der Waals surface area (Å²) in [6, 6.07) is 16.1. The van der Waals surface area contributed by atoms with Gasteiger partial charge in [0.2, 0.25) is 0 Å². The van der Waals surface area contributed by atoms with Gasteiger partial charge in [0.25, 0.3) is 0 Å². The van der Waals surface area contributed by atoms with E-state index in [0.29, 0.717) is 6.04 Å². The second-order valence-corrected chi connectivity index (χ2v) is 5.67. The SMILES string of the molecule is Cc1cccc(CN2CCC[C@@H]2c2ccc(F)cc2)c1. The van der Waals surface area contributed by atoms with E-state index in [1.807, 2.05) is 12.1 Å². The first-order valence-electron chi connectivity index (χ1n) is 7.27. The van der Waals surface area contributed by atoms with Crippen molar-refractivity contribution in [2.45, 2.75) is 32.4 Å². The van der Waals surface area contributed by atoms with Crippen LogP contribution in [-0.2, 0) is 6.54 Å². The Morgan fingerprint density at radius 2 is 1.95 bits per heavy atom. The van der Waals surface area contributed by atoms with E-state index in [0.717, 1.165) is 19.5 Å². The van der Waals surface area contributed by atoms with Crippen molar-refractivity contribution in [3.05, 3.63) is 71.0 Å². The van der Waals surface area contributed by atoms with Crippen molar-refractivity contribution in [2.24, 2.45) is 0 Å². The molecule has 104 valence electrons. The highest BCUT2D eigenvalue weighted by Crippen LogP contribution is 2.33. The smallest absolute Gasteiger partial charge is 0.123 e. The molecule has 0 bridgehead atoms. The molecule has 2 aromatic carbocycles. The van der Waals surface area contributed by atoms with Crippen LogP contribution >= 0.6 is 0 Å². The zero-order valence-corrected chi connectivity index (χ0v) is 11.8. The summed E-state index contributed by atoms with van der Waals surface area (Å²) in [7, 11) is 0. The Kier molecular flexibility index (Phi) is 3.83. The Labute approximate surface area is 120 Å². The minimum atomic E-state index is -0.156. The summed E-state index contributed by atoms with van der Waals surface area (Å²) in [5.41, 5.74) is 3.90. The van der Waals surface area contributed by atoms with Crippen LogP contribution in [0.5, 0.6) is 0 Å². The molecule has 0 saturated carbocycles. The van der Waals surface area contributed by atoms with Gasteiger partial charge >= 0.3 is 0 Å². The second kappa shape index (κ2) is 5.76. The number of nitrogens with zero attached hydrogens (tertiary/aromatic N) is 1. The van der Waals surface area contributed by atoms with Crippen LogP contribution < -0.4 is 0 Å². The number of likely N-dealkylation sites (tertiary alicyclic amines) is 1. The van der Waals surface area contributed by atoms with Gasteiger partial charge in [-0.15, -0.1) is 0 Å². The first kappa shape index (κ1) is 13.3. The number of hydrogen-bond acceptors (Lipinski definition) is 1. The van der Waals surface area contributed by atoms with Gasteiger partial charge in [-0.05, 0) is 49.6 Å². The fourth-order valence-electron chi connectivity index (χ4n) is 3.12. The summed E-state index contributed by atoms with van der Waals surface area (Å²) in [5.74, 6) is -0.156. The predicted octanol–water partition coefficient (Wildman–Crippen LogP) is 4.47. The molecule has 1 nitrogen and oxygen atoms in total. The van der Waals surface area contributed by atoms with E-state index < -0.39 is 0 Å². The van der Waals surface area contributed by atoms with Crippen molar-refractivity contribution in [3.63, 3.8) is 0 Å². The van der Waals surface area contributed by atoms with E-state index >= 15 is 0 Å². The van der Waals surface area contributed by atoms with Crippen molar-refractivity contribution in [1.29, 1.82) is 0 Å². The van der Waals surface area contributed by atoms with E-state index in [9.17, 15) is 4.39 Å². The topological polar surface area (TPSA) is 3.24 Å². The Morgan fingerprint density at radius 1 is 1.15 bits per heavy atom. The molecule has 3 rings (SSSR count). The van der Waals surface area contributed by atoms with Crippen molar-refractivity contribution in [2.75, 3.05) is 6.54 Å². The lowest BCUT2D eigenvalue weighted by Crippen LogP contribution is -2.22. The van der Waals surface area contributed by atoms with Crippen LogP contribution in [0.25, 0.3) is 0 Å². The zero-order valence-electron chi connectivity index (χ0n) is 11.8. The summed E-state index contributed by atoms with van der Waals surface area (Å²) >= 11 is 0. The van der Waals surface area contributed by atoms with E-state index in [4.69, 9.17) is 0 Å². The summed E-state index contributed by atoms with van der Waals surface area (Å²) in [6.07, 6.45) is 2.38. The summed E-state index contributed by atoms with van der Waals surface area (Å²) in [4.78, 5) is 2.50. The number of benzene rings is 2. The Hall–Kier alpha value is -1.67. The van der Waals surface area contributed by atoms with Crippen molar-refractivity contribution >= 4 is 0 Å². The predicted molar refractivity (Wildman–Crippen MR) is 80.0 cm³/mol. The van der Waals surface area contributed by atoms with Gasteiger partial charge in [-0.3, -0.25) is 4.90 Å². The molecule has 1 heterocycles. The summed E-state index contributed by atoms with van der Waals surface area (Å²) in [5, 5.41) is 0. The van der Waals surface area contributed by atoms with E-state index in [1.54, 1.807) is 12.1 Å². The molecule has 1 fully saturated rings. The van der Waals surface area contributed by atoms with Gasteiger partial charge in [-0.2, -0.15) is 0 Å². The van der Waals surface area contributed by atoms with Crippen LogP contribution in [0.1, 0.15) is 35.6 Å². The van der Waals surface area contributed by atoms with Gasteiger partial charge in [-0.1, -0.05) is 42.0 Å². The van der Waals surface area contributed by atoms with Gasteiger partial charge < -0.3 is 0 Å². The third kappa shape index (κ3) is 2.91. The van der Waals surface area contributed by atoms with Crippen molar-refractivity contribution in [1.82, 2.24) is 4.90 Å². The fourth-order valence-corrected chi connectivity index (χ4v) is 3.12. The maximum atomic E-state index is 13.0. The molecule has 0 aliphatic carbocycles. The van der Waals surface area contributed by atoms with Gasteiger partial charge in [0.15, 0.2) is 0 Å². The minimum absolute atomic E-state index is 0.156. The Bertz CT molecular complexity index is 576. The van der Waals surface area contributed by atoms with Crippen LogP contribution in [0.2, 0.25) is 0 Å². The Morgan fingerprint density at radius 3 is 2.70 bits per heavy atom. The van der Waals surface area contributed by atoms with Gasteiger partial charge in [0.05, 0.1) is 0 Å². The van der Waals surface area contributed by atoms with Crippen LogP contribution in [0.3, 0.4) is 0 Å². The highest BCUT2D eigenvalue weighted by atomic mass is 19.1. The minimum Gasteiger partial charge on any atom is -0.292 e. The lowest BCUT2D eigenvalue weighted by atomic mass is 10.0. The lowest BCUT2D eigenvalue weighted by Gasteiger charge is -2.25. The largest absolute Gasteiger partial charge is 0.292 e. The molecular weight excluding hydrogens is 249 g/mol. The molecule has 1 aliphatic heterocycles. The Balaban J connectivity index is 1.77. The molecule has 0 radical (unpaired) electrons. The maximum absolute atomic E-state index is 13.0. The molecule has 20 heavy (non-hydrogen) atoms. The number of halogens is 1. The molecule has 0 unspecified atom stereocenters. The molecule has 0 spiro atoms. The quantitative estimate of drug-likeness (QED) is 0.794. The molecular formula is C18H20FN. The maximum Gasteiger partial charge on any atom is 0.123 e. The van der Waals surface area contributed by atoms with E-state index in [-0.39, 0.29) is 5.82 Å². The lowest BCUT2D eigenvalue weighted by molar-refractivity contribution is 0.248. The van der Waals surface area contributed by atoms with Crippen LogP contribution in [0.4, 0.5) is 4.39 Å². The zero-order chi connectivity index (χ0) is 13.9. The number of rotatable bonds is 3. The average molecular weight is 269 g/mol. The highest BCUT2D eigenvalue weighted by Gasteiger charge is 2.25. The standard InChI is InChI=1S/C18H20FN/c1-14-4-2-5-15(12-14)13-20-11-3-6-18(20)16-7-9-17(19)10-8-16/h2,4-5,7-10,12,18H,3,6,11,13H2,1H3/t18-/m1/s1. The van der Waals surface area contributed by atoms with E-state index in [1.165, 1.54) is 23.1 Å².